The van der Waals surface area contributed by atoms with Gasteiger partial charge in [0.15, 0.2) is 0 Å². The van der Waals surface area contributed by atoms with Crippen molar-refractivity contribution in [3.8, 4) is 0 Å². The Hall–Kier alpha value is 0.415. The summed E-state index contributed by atoms with van der Waals surface area (Å²) in [6.45, 7) is 0.735. The van der Waals surface area contributed by atoms with Crippen molar-refractivity contribution in [2.75, 3.05) is 0 Å². The third-order valence-electron chi connectivity index (χ3n) is 8.53. The average Bonchev–Trinajstić information content (AvgIpc) is 3.45. The highest BCUT2D eigenvalue weighted by Crippen LogP contribution is 2.26. The second kappa shape index (κ2) is 35.6. The highest BCUT2D eigenvalue weighted by molar-refractivity contribution is 7.85. The minimum atomic E-state index is -4.94. The van der Waals surface area contributed by atoms with E-state index < -0.39 is 307 Å². The van der Waals surface area contributed by atoms with E-state index in [0.29, 0.717) is 0 Å². The van der Waals surface area contributed by atoms with Gasteiger partial charge < -0.3 is 165 Å². The Morgan fingerprint density at radius 2 is 0.444 bits per heavy atom. The van der Waals surface area contributed by atoms with Crippen molar-refractivity contribution >= 4 is 289 Å². The standard InChI is InChI=1S/C4H9F3O37Si37/c1-81(49(12)46-9,3-2-4(5,6)7)44-47(10)50(13)52(15)54(17)56(19)58(21)60(23)62(25)64(27)66(29)68(31)70(33)72(35)74(37)76(39)78(41)80(43)79(42)77(40)75(38)73(36)71(34)69(32)67(30)65(28)63(26)61(24)59(22)57(20)55(18)53(16)51(14)48(11)45-8/h45-46H,2-3H2,1H3. The minimum Gasteiger partial charge on any atom is -0.574 e. The first-order valence-electron chi connectivity index (χ1n) is 18.9. The predicted molar refractivity (Wildman–Crippen MR) is 263 cm³/mol. The third kappa shape index (κ3) is 21.9. The maximum absolute atomic E-state index is 12.8. The molecular formula is C4H9F3O37Si37. The van der Waals surface area contributed by atoms with Crippen LogP contribution in [-0.4, -0.2) is 295 Å². The van der Waals surface area contributed by atoms with Crippen LogP contribution in [-0.2, 0) is 165 Å². The fourth-order valence-corrected chi connectivity index (χ4v) is 397. The summed E-state index contributed by atoms with van der Waals surface area (Å²) >= 11 is 0. The molecule has 0 spiro atoms. The lowest BCUT2D eigenvalue weighted by Crippen LogP contribution is -2.58. The molecule has 0 aromatic heterocycles. The van der Waals surface area contributed by atoms with E-state index in [4.69, 9.17) is 4.12 Å². The smallest absolute Gasteiger partial charge is 0.532 e. The monoisotopic (exact) mass is 1740 g/mol. The highest BCUT2D eigenvalue weighted by atomic mass is 30.1. The fourth-order valence-electron chi connectivity index (χ4n) is 4.23. The summed E-state index contributed by atoms with van der Waals surface area (Å²) in [5.74, 6) is 0. The van der Waals surface area contributed by atoms with Gasteiger partial charge in [0.1, 0.15) is 0 Å². The molecule has 0 N–H and O–H groups in total. The van der Waals surface area contributed by atoms with Crippen molar-refractivity contribution in [3.63, 3.8) is 0 Å². The lowest BCUT2D eigenvalue weighted by Gasteiger charge is -2.23. The Morgan fingerprint density at radius 3 is 0.593 bits per heavy atom. The molecule has 0 amide bonds. The zero-order valence-corrected chi connectivity index (χ0v) is 75.1. The van der Waals surface area contributed by atoms with Gasteiger partial charge in [-0.2, -0.15) is 13.2 Å². The Bertz CT molecular complexity index is 3480. The van der Waals surface area contributed by atoms with Gasteiger partial charge in [-0.1, -0.05) is 0 Å². The number of halogens is 3. The van der Waals surface area contributed by atoms with Crippen LogP contribution in [0.5, 0.6) is 0 Å². The van der Waals surface area contributed by atoms with Crippen LogP contribution in [0.2, 0.25) is 12.6 Å². The van der Waals surface area contributed by atoms with Crippen LogP contribution in [0.4, 0.5) is 13.2 Å². The zero-order valence-electron chi connectivity index (χ0n) is 37.8. The second-order valence-electron chi connectivity index (χ2n) is 13.9. The lowest BCUT2D eigenvalue weighted by molar-refractivity contribution is -0.131. The molecule has 0 saturated heterocycles. The quantitative estimate of drug-likeness (QED) is 0.0516. The number of hydrogen-bond donors (Lipinski definition) is 0. The van der Waals surface area contributed by atoms with Crippen molar-refractivity contribution in [2.24, 2.45) is 0 Å². The van der Waals surface area contributed by atoms with Gasteiger partial charge in [-0.05, 0) is 12.6 Å². The maximum Gasteiger partial charge on any atom is 0.532 e. The van der Waals surface area contributed by atoms with Gasteiger partial charge in [0.05, 0.1) is 0 Å². The van der Waals surface area contributed by atoms with Crippen LogP contribution in [0.1, 0.15) is 6.42 Å². The van der Waals surface area contributed by atoms with Gasteiger partial charge in [-0.15, -0.1) is 0 Å². The summed E-state index contributed by atoms with van der Waals surface area (Å²) in [6, 6.07) is -1.17. The molecule has 0 aliphatic rings. The van der Waals surface area contributed by atoms with E-state index in [1.165, 1.54) is 0 Å². The minimum absolute atomic E-state index is 0.735. The van der Waals surface area contributed by atoms with E-state index in [2.05, 4.69) is 0 Å². The third-order valence-corrected chi connectivity index (χ3v) is 280. The van der Waals surface area contributed by atoms with Crippen molar-refractivity contribution < 1.29 is 178 Å². The first kappa shape index (κ1) is 81.4. The van der Waals surface area contributed by atoms with Crippen LogP contribution >= 0.6 is 0 Å². The van der Waals surface area contributed by atoms with E-state index in [-0.39, 0.29) is 0 Å². The molecule has 0 radical (unpaired) electrons. The van der Waals surface area contributed by atoms with Crippen LogP contribution < -0.4 is 0 Å². The van der Waals surface area contributed by atoms with Crippen LogP contribution in [0, 0.1) is 0 Å². The van der Waals surface area contributed by atoms with E-state index >= 15 is 0 Å². The molecule has 1 unspecified atom stereocenters. The summed E-state index contributed by atoms with van der Waals surface area (Å²) in [5, 5.41) is 0. The molecule has 1 atom stereocenters. The molecule has 0 rings (SSSR count). The molecule has 0 aliphatic carbocycles. The molecule has 0 aliphatic heterocycles. The maximum atomic E-state index is 12.8. The van der Waals surface area contributed by atoms with Crippen LogP contribution in [0.25, 0.3) is 0 Å². The molecule has 0 aromatic carbocycles. The largest absolute Gasteiger partial charge is 0.574 e. The Kier molecular flexibility index (Phi) is 35.7. The van der Waals surface area contributed by atoms with E-state index in [0.717, 1.165) is 6.55 Å². The van der Waals surface area contributed by atoms with Crippen molar-refractivity contribution in [1.82, 2.24) is 0 Å². The second-order valence-corrected chi connectivity index (χ2v) is 187. The SMILES string of the molecule is C[Si](CCC(F)(F)F)(O[Si](=O)[Si](=O)[Si](=O)[Si](=O)[Si](=O)[Si](=O)[Si](=O)[Si](=O)[Si](=O)[Si](=O)[Si](=O)[Si](=O)[Si](=O)[Si](=O)[Si](=O)[Si](=O)[Si](=O)[Si](=O)[Si](=O)[Si](=O)[Si](=O)[Si](=O)[Si](=O)[Si](=O)[Si](=O)[Si](=O)[Si](=O)[Si](=O)[Si](=O)[Si](=O)[Si](=O)[Si](=O)[Si](=O)[SiH]=O)[Si](=O)[SiH]=O. The molecule has 416 valence electrons. The van der Waals surface area contributed by atoms with Gasteiger partial charge in [-0.25, -0.2) is 0 Å². The number of rotatable bonds is 39. The Balaban J connectivity index is 5.99. The number of alkyl halides is 3. The van der Waals surface area contributed by atoms with Crippen LogP contribution in [0.3, 0.4) is 0 Å². The highest BCUT2D eigenvalue weighted by Gasteiger charge is 2.59. The normalized spacial score (nSPS) is 11.0. The van der Waals surface area contributed by atoms with E-state index in [1.54, 1.807) is 0 Å². The molecule has 77 heteroatoms. The molecule has 37 nitrogen and oxygen atoms in total. The first-order valence-corrected chi connectivity index (χ1v) is 107. The van der Waals surface area contributed by atoms with Crippen molar-refractivity contribution in [3.05, 3.63) is 0 Å². The summed E-state index contributed by atoms with van der Waals surface area (Å²) < 4.78 is 493. The van der Waals surface area contributed by atoms with Gasteiger partial charge >= 0.3 is 287 Å². The first-order chi connectivity index (χ1) is 36.8. The fraction of sp³-hybridized carbons (Fsp3) is 1.00. The van der Waals surface area contributed by atoms with Gasteiger partial charge in [0.25, 0.3) is 7.83 Å². The van der Waals surface area contributed by atoms with Gasteiger partial charge in [-0.3, -0.25) is 0 Å². The average molecular weight is 1750 g/mol. The molecule has 0 aromatic rings. The summed E-state index contributed by atoms with van der Waals surface area (Å²) in [7, 11) is -165. The topological polar surface area (TPSA) is 624 Å². The summed E-state index contributed by atoms with van der Waals surface area (Å²) in [5.41, 5.74) is 0. The predicted octanol–water partition coefficient (Wildman–Crippen LogP) is -16.5. The number of hydrogen-bond acceptors (Lipinski definition) is 37. The zero-order chi connectivity index (χ0) is 64.2. The van der Waals surface area contributed by atoms with E-state index in [1.807, 2.05) is 0 Å². The summed E-state index contributed by atoms with van der Waals surface area (Å²) in [4.78, 5) is 0. The molecule has 0 heterocycles. The van der Waals surface area contributed by atoms with Crippen LogP contribution in [0.15, 0.2) is 0 Å². The molecule has 0 bridgehead atoms. The molecular weight excluding hydrogens is 1740 g/mol. The van der Waals surface area contributed by atoms with Gasteiger partial charge in [0, 0.05) is 6.42 Å². The Morgan fingerprint density at radius 1 is 0.284 bits per heavy atom. The van der Waals surface area contributed by atoms with E-state index in [9.17, 15) is 174 Å². The molecule has 81 heavy (non-hydrogen) atoms. The van der Waals surface area contributed by atoms with Crippen molar-refractivity contribution in [2.45, 2.75) is 25.2 Å². The molecule has 0 saturated carbocycles. The summed E-state index contributed by atoms with van der Waals surface area (Å²) in [6.07, 6.45) is -6.68. The van der Waals surface area contributed by atoms with Gasteiger partial charge in [0.2, 0.25) is 0 Å². The Labute approximate surface area is 486 Å². The van der Waals surface area contributed by atoms with Crippen molar-refractivity contribution in [1.29, 1.82) is 0 Å². The lowest BCUT2D eigenvalue weighted by atomic mass is 10.5. The molecule has 0 fully saturated rings.